The van der Waals surface area contributed by atoms with E-state index < -0.39 is 12.2 Å². The van der Waals surface area contributed by atoms with Crippen molar-refractivity contribution >= 4 is 29.9 Å². The SMILES string of the molecule is CCNC(=NCc1ccon1)N1CCN(C(C)C(F)(F)F)CC1.I. The molecule has 10 heteroatoms. The molecule has 1 fully saturated rings. The van der Waals surface area contributed by atoms with Crippen LogP contribution in [0.4, 0.5) is 13.2 Å². The van der Waals surface area contributed by atoms with E-state index in [0.717, 1.165) is 0 Å². The molecule has 0 amide bonds. The average Bonchev–Trinajstić information content (AvgIpc) is 3.03. The number of aliphatic imine (C=N–C) groups is 1. The molecule has 0 aliphatic carbocycles. The van der Waals surface area contributed by atoms with Crippen LogP contribution in [0.5, 0.6) is 0 Å². The number of rotatable bonds is 4. The van der Waals surface area contributed by atoms with Crippen LogP contribution in [0.25, 0.3) is 0 Å². The van der Waals surface area contributed by atoms with Crippen LogP contribution in [0.15, 0.2) is 21.8 Å². The van der Waals surface area contributed by atoms with Gasteiger partial charge in [0.1, 0.15) is 18.0 Å². The van der Waals surface area contributed by atoms with E-state index in [-0.39, 0.29) is 24.0 Å². The molecule has 1 unspecified atom stereocenters. The molecule has 0 saturated carbocycles. The van der Waals surface area contributed by atoms with E-state index in [4.69, 9.17) is 4.52 Å². The lowest BCUT2D eigenvalue weighted by Gasteiger charge is -2.39. The Morgan fingerprint density at radius 2 is 2.04 bits per heavy atom. The number of guanidine groups is 1. The van der Waals surface area contributed by atoms with Gasteiger partial charge in [0.15, 0.2) is 5.96 Å². The van der Waals surface area contributed by atoms with Crippen LogP contribution in [-0.2, 0) is 6.54 Å². The number of alkyl halides is 3. The first-order chi connectivity index (χ1) is 10.9. The largest absolute Gasteiger partial charge is 0.403 e. The maximum atomic E-state index is 12.8. The van der Waals surface area contributed by atoms with Gasteiger partial charge >= 0.3 is 6.18 Å². The predicted molar refractivity (Wildman–Crippen MR) is 95.4 cm³/mol. The zero-order valence-corrected chi connectivity index (χ0v) is 16.0. The molecule has 1 atom stereocenters. The van der Waals surface area contributed by atoms with Crippen molar-refractivity contribution < 1.29 is 17.7 Å². The Bertz CT molecular complexity index is 501. The van der Waals surface area contributed by atoms with Crippen molar-refractivity contribution in [1.82, 2.24) is 20.3 Å². The first kappa shape index (κ1) is 21.0. The normalized spacial score (nSPS) is 18.2. The van der Waals surface area contributed by atoms with Gasteiger partial charge in [-0.1, -0.05) is 5.16 Å². The summed E-state index contributed by atoms with van der Waals surface area (Å²) in [6.07, 6.45) is -2.71. The van der Waals surface area contributed by atoms with E-state index in [0.29, 0.717) is 50.9 Å². The first-order valence-electron chi connectivity index (χ1n) is 7.65. The van der Waals surface area contributed by atoms with E-state index in [9.17, 15) is 13.2 Å². The Kier molecular flexibility index (Phi) is 8.27. The monoisotopic (exact) mass is 461 g/mol. The third-order valence-electron chi connectivity index (χ3n) is 3.85. The van der Waals surface area contributed by atoms with Crippen LogP contribution < -0.4 is 5.32 Å². The first-order valence-corrected chi connectivity index (χ1v) is 7.65. The summed E-state index contributed by atoms with van der Waals surface area (Å²) in [6.45, 7) is 5.95. The minimum Gasteiger partial charge on any atom is -0.364 e. The third kappa shape index (κ3) is 5.80. The van der Waals surface area contributed by atoms with Crippen molar-refractivity contribution in [3.63, 3.8) is 0 Å². The van der Waals surface area contributed by atoms with Crippen molar-refractivity contribution in [1.29, 1.82) is 0 Å². The topological polar surface area (TPSA) is 56.9 Å². The second kappa shape index (κ2) is 9.44. The summed E-state index contributed by atoms with van der Waals surface area (Å²) in [5.41, 5.74) is 0.713. The Morgan fingerprint density at radius 3 is 2.54 bits per heavy atom. The summed E-state index contributed by atoms with van der Waals surface area (Å²) in [6, 6.07) is 0.315. The number of nitrogens with one attached hydrogen (secondary N) is 1. The summed E-state index contributed by atoms with van der Waals surface area (Å²) < 4.78 is 43.1. The molecule has 1 aliphatic heterocycles. The van der Waals surface area contributed by atoms with E-state index in [2.05, 4.69) is 15.5 Å². The predicted octanol–water partition coefficient (Wildman–Crippen LogP) is 2.33. The number of halogens is 4. The number of hydrogen-bond acceptors (Lipinski definition) is 4. The molecular formula is C14H23F3IN5O. The summed E-state index contributed by atoms with van der Waals surface area (Å²) in [4.78, 5) is 7.90. The fourth-order valence-electron chi connectivity index (χ4n) is 2.43. The van der Waals surface area contributed by atoms with Gasteiger partial charge in [0, 0.05) is 38.8 Å². The van der Waals surface area contributed by atoms with Gasteiger partial charge in [-0.15, -0.1) is 24.0 Å². The highest BCUT2D eigenvalue weighted by atomic mass is 127. The lowest BCUT2D eigenvalue weighted by atomic mass is 10.2. The molecule has 2 rings (SSSR count). The van der Waals surface area contributed by atoms with Gasteiger partial charge in [0.2, 0.25) is 0 Å². The molecule has 1 aliphatic rings. The van der Waals surface area contributed by atoms with E-state index in [1.54, 1.807) is 6.07 Å². The molecular weight excluding hydrogens is 438 g/mol. The summed E-state index contributed by atoms with van der Waals surface area (Å²) in [5.74, 6) is 0.690. The fourth-order valence-corrected chi connectivity index (χ4v) is 2.43. The van der Waals surface area contributed by atoms with E-state index in [1.165, 1.54) is 18.1 Å². The Labute approximate surface area is 156 Å². The maximum Gasteiger partial charge on any atom is 0.403 e. The van der Waals surface area contributed by atoms with Crippen molar-refractivity contribution in [2.75, 3.05) is 32.7 Å². The number of aromatic nitrogens is 1. The smallest absolute Gasteiger partial charge is 0.364 e. The van der Waals surface area contributed by atoms with E-state index in [1.807, 2.05) is 11.8 Å². The second-order valence-corrected chi connectivity index (χ2v) is 5.40. The van der Waals surface area contributed by atoms with Gasteiger partial charge in [-0.25, -0.2) is 4.99 Å². The molecule has 1 aromatic rings. The van der Waals surface area contributed by atoms with Crippen LogP contribution >= 0.6 is 24.0 Å². The Balaban J connectivity index is 0.00000288. The molecule has 24 heavy (non-hydrogen) atoms. The molecule has 0 radical (unpaired) electrons. The highest BCUT2D eigenvalue weighted by Crippen LogP contribution is 2.25. The summed E-state index contributed by atoms with van der Waals surface area (Å²) >= 11 is 0. The lowest BCUT2D eigenvalue weighted by molar-refractivity contribution is -0.181. The Morgan fingerprint density at radius 1 is 1.38 bits per heavy atom. The molecule has 0 aromatic carbocycles. The molecule has 1 N–H and O–H groups in total. The molecule has 1 aromatic heterocycles. The molecule has 138 valence electrons. The highest BCUT2D eigenvalue weighted by Gasteiger charge is 2.41. The molecule has 1 saturated heterocycles. The van der Waals surface area contributed by atoms with Crippen LogP contribution in [0.1, 0.15) is 19.5 Å². The molecule has 0 spiro atoms. The molecule has 6 nitrogen and oxygen atoms in total. The van der Waals surface area contributed by atoms with Gasteiger partial charge in [-0.3, -0.25) is 4.90 Å². The van der Waals surface area contributed by atoms with Crippen molar-refractivity contribution in [2.45, 2.75) is 32.6 Å². The molecule has 0 bridgehead atoms. The number of nitrogens with zero attached hydrogens (tertiary/aromatic N) is 4. The Hall–Kier alpha value is -1.04. The second-order valence-electron chi connectivity index (χ2n) is 5.40. The third-order valence-corrected chi connectivity index (χ3v) is 3.85. The van der Waals surface area contributed by atoms with Crippen LogP contribution in [-0.4, -0.2) is 65.9 Å². The van der Waals surface area contributed by atoms with Crippen LogP contribution in [0, 0.1) is 0 Å². The van der Waals surface area contributed by atoms with Crippen LogP contribution in [0.2, 0.25) is 0 Å². The fraction of sp³-hybridized carbons (Fsp3) is 0.714. The van der Waals surface area contributed by atoms with Gasteiger partial charge in [-0.2, -0.15) is 13.2 Å². The maximum absolute atomic E-state index is 12.8. The van der Waals surface area contributed by atoms with Gasteiger partial charge in [0.25, 0.3) is 0 Å². The van der Waals surface area contributed by atoms with Crippen molar-refractivity contribution in [2.24, 2.45) is 4.99 Å². The minimum atomic E-state index is -4.19. The zero-order valence-electron chi connectivity index (χ0n) is 13.7. The number of hydrogen-bond donors (Lipinski definition) is 1. The zero-order chi connectivity index (χ0) is 16.9. The van der Waals surface area contributed by atoms with E-state index >= 15 is 0 Å². The van der Waals surface area contributed by atoms with Gasteiger partial charge in [0.05, 0.1) is 6.54 Å². The van der Waals surface area contributed by atoms with Crippen molar-refractivity contribution in [3.05, 3.63) is 18.0 Å². The molecule has 2 heterocycles. The summed E-state index contributed by atoms with van der Waals surface area (Å²) in [7, 11) is 0. The standard InChI is InChI=1S/C14H22F3N5O.HI/c1-3-18-13(19-10-12-4-9-23-20-12)22-7-5-21(6-8-22)11(2)14(15,16)17;/h4,9,11H,3,5-8,10H2,1-2H3,(H,18,19);1H. The van der Waals surface area contributed by atoms with Gasteiger partial charge in [-0.05, 0) is 13.8 Å². The minimum absolute atomic E-state index is 0. The lowest BCUT2D eigenvalue weighted by Crippen LogP contribution is -2.56. The summed E-state index contributed by atoms with van der Waals surface area (Å²) in [5, 5.41) is 6.96. The average molecular weight is 461 g/mol. The van der Waals surface area contributed by atoms with Gasteiger partial charge < -0.3 is 14.7 Å². The highest BCUT2D eigenvalue weighted by molar-refractivity contribution is 14.0. The quantitative estimate of drug-likeness (QED) is 0.424. The van der Waals surface area contributed by atoms with Crippen molar-refractivity contribution in [3.8, 4) is 0 Å². The van der Waals surface area contributed by atoms with Crippen LogP contribution in [0.3, 0.4) is 0 Å². The number of piperazine rings is 1.